The van der Waals surface area contributed by atoms with E-state index in [1.54, 1.807) is 0 Å². The molecule has 1 rings (SSSR count). The van der Waals surface area contributed by atoms with Gasteiger partial charge in [0.05, 0.1) is 0 Å². The SMILES string of the molecule is CC(C)(C)C1(F)OC(F)(F)OC1(OC(F)(F)F)C(C)(C)C. The quantitative estimate of drug-likeness (QED) is 0.661. The fourth-order valence-electron chi connectivity index (χ4n) is 2.17. The van der Waals surface area contributed by atoms with Crippen LogP contribution in [0.1, 0.15) is 41.5 Å². The number of halogens is 6. The van der Waals surface area contributed by atoms with Gasteiger partial charge in [-0.2, -0.15) is 0 Å². The molecule has 2 unspecified atom stereocenters. The first-order chi connectivity index (χ1) is 8.87. The summed E-state index contributed by atoms with van der Waals surface area (Å²) in [4.78, 5) is 0. The van der Waals surface area contributed by atoms with Crippen molar-refractivity contribution in [1.29, 1.82) is 0 Å². The van der Waals surface area contributed by atoms with Crippen LogP contribution in [-0.2, 0) is 14.2 Å². The molecule has 1 saturated heterocycles. The van der Waals surface area contributed by atoms with Crippen molar-refractivity contribution in [3.63, 3.8) is 0 Å². The third kappa shape index (κ3) is 3.00. The molecule has 0 aromatic heterocycles. The molecule has 0 spiro atoms. The van der Waals surface area contributed by atoms with E-state index in [0.717, 1.165) is 41.5 Å². The fourth-order valence-corrected chi connectivity index (χ4v) is 2.17. The second-order valence-corrected chi connectivity index (χ2v) is 6.93. The van der Waals surface area contributed by atoms with Crippen LogP contribution < -0.4 is 0 Å². The molecule has 0 N–H and O–H groups in total. The standard InChI is InChI=1S/C12H18F6O3/c1-7(2,3)9(13)10(8(4,5)6,20-11(14,15)16)21-12(17,18)19-9/h1-6H3. The lowest BCUT2D eigenvalue weighted by Crippen LogP contribution is -2.65. The van der Waals surface area contributed by atoms with Crippen molar-refractivity contribution in [2.24, 2.45) is 10.8 Å². The Morgan fingerprint density at radius 3 is 1.48 bits per heavy atom. The van der Waals surface area contributed by atoms with E-state index < -0.39 is 35.1 Å². The van der Waals surface area contributed by atoms with Gasteiger partial charge in [0, 0.05) is 10.8 Å². The minimum absolute atomic E-state index is 1.09. The molecule has 0 amide bonds. The predicted octanol–water partition coefficient (Wildman–Crippen LogP) is 4.57. The van der Waals surface area contributed by atoms with Crippen molar-refractivity contribution < 1.29 is 40.6 Å². The molecular formula is C12H18F6O3. The number of alkyl halides is 6. The zero-order valence-corrected chi connectivity index (χ0v) is 12.5. The first kappa shape index (κ1) is 18.5. The van der Waals surface area contributed by atoms with Crippen LogP contribution in [0.25, 0.3) is 0 Å². The number of hydrogen-bond donors (Lipinski definition) is 0. The van der Waals surface area contributed by atoms with Gasteiger partial charge in [0.1, 0.15) is 0 Å². The zero-order chi connectivity index (χ0) is 17.1. The first-order valence-electron chi connectivity index (χ1n) is 6.11. The molecule has 21 heavy (non-hydrogen) atoms. The summed E-state index contributed by atoms with van der Waals surface area (Å²) >= 11 is 0. The van der Waals surface area contributed by atoms with E-state index in [9.17, 15) is 22.0 Å². The molecule has 2 atom stereocenters. The third-order valence-electron chi connectivity index (χ3n) is 3.16. The summed E-state index contributed by atoms with van der Waals surface area (Å²) in [5.41, 5.74) is -3.60. The first-order valence-corrected chi connectivity index (χ1v) is 6.11. The molecule has 1 heterocycles. The number of ether oxygens (including phenoxy) is 3. The van der Waals surface area contributed by atoms with Crippen LogP contribution >= 0.6 is 0 Å². The Kier molecular flexibility index (Phi) is 3.95. The van der Waals surface area contributed by atoms with Gasteiger partial charge in [0.15, 0.2) is 0 Å². The van der Waals surface area contributed by atoms with Gasteiger partial charge in [-0.1, -0.05) is 41.5 Å². The second-order valence-electron chi connectivity index (χ2n) is 6.93. The van der Waals surface area contributed by atoms with Gasteiger partial charge in [-0.3, -0.25) is 14.2 Å². The van der Waals surface area contributed by atoms with Gasteiger partial charge in [-0.15, -0.1) is 22.0 Å². The van der Waals surface area contributed by atoms with E-state index in [1.165, 1.54) is 0 Å². The second kappa shape index (κ2) is 4.48. The maximum absolute atomic E-state index is 15.2. The Morgan fingerprint density at radius 1 is 0.762 bits per heavy atom. The van der Waals surface area contributed by atoms with Gasteiger partial charge in [0.25, 0.3) is 5.85 Å². The average molecular weight is 324 g/mol. The molecule has 1 fully saturated rings. The summed E-state index contributed by atoms with van der Waals surface area (Å²) < 4.78 is 91.9. The molecule has 0 aromatic carbocycles. The molecule has 9 heteroatoms. The van der Waals surface area contributed by atoms with E-state index in [0.29, 0.717) is 0 Å². The van der Waals surface area contributed by atoms with Crippen molar-refractivity contribution in [3.05, 3.63) is 0 Å². The largest absolute Gasteiger partial charge is 0.525 e. The van der Waals surface area contributed by atoms with Crippen LogP contribution in [-0.4, -0.2) is 24.3 Å². The highest BCUT2D eigenvalue weighted by Gasteiger charge is 2.80. The topological polar surface area (TPSA) is 27.7 Å². The molecular weight excluding hydrogens is 306 g/mol. The van der Waals surface area contributed by atoms with Crippen molar-refractivity contribution >= 4 is 0 Å². The molecule has 126 valence electrons. The fraction of sp³-hybridized carbons (Fsp3) is 1.00. The highest BCUT2D eigenvalue weighted by atomic mass is 19.4. The lowest BCUT2D eigenvalue weighted by molar-refractivity contribution is -0.476. The normalized spacial score (nSPS) is 34.3. The third-order valence-corrected chi connectivity index (χ3v) is 3.16. The smallest absolute Gasteiger partial charge is 0.256 e. The molecule has 0 aromatic rings. The lowest BCUT2D eigenvalue weighted by Gasteiger charge is -2.49. The Hall–Kier alpha value is -0.540. The van der Waals surface area contributed by atoms with E-state index in [1.807, 2.05) is 0 Å². The molecule has 0 aliphatic carbocycles. The molecule has 3 nitrogen and oxygen atoms in total. The van der Waals surface area contributed by atoms with Crippen LogP contribution in [0.3, 0.4) is 0 Å². The van der Waals surface area contributed by atoms with Crippen LogP contribution in [0, 0.1) is 10.8 Å². The van der Waals surface area contributed by atoms with Gasteiger partial charge in [-0.25, -0.2) is 4.39 Å². The van der Waals surface area contributed by atoms with Crippen LogP contribution in [0.4, 0.5) is 26.3 Å². The monoisotopic (exact) mass is 324 g/mol. The maximum Gasteiger partial charge on any atom is 0.525 e. The molecule has 1 aliphatic heterocycles. The molecule has 0 radical (unpaired) electrons. The van der Waals surface area contributed by atoms with Gasteiger partial charge < -0.3 is 0 Å². The van der Waals surface area contributed by atoms with Crippen molar-refractivity contribution in [3.8, 4) is 0 Å². The van der Waals surface area contributed by atoms with Crippen LogP contribution in [0.2, 0.25) is 0 Å². The predicted molar refractivity (Wildman–Crippen MR) is 59.7 cm³/mol. The summed E-state index contributed by atoms with van der Waals surface area (Å²) in [5, 5.41) is 0. The van der Waals surface area contributed by atoms with Gasteiger partial charge >= 0.3 is 12.7 Å². The highest BCUT2D eigenvalue weighted by Crippen LogP contribution is 2.62. The van der Waals surface area contributed by atoms with E-state index >= 15 is 4.39 Å². The summed E-state index contributed by atoms with van der Waals surface area (Å²) in [6.45, 7) is 6.59. The molecule has 0 bridgehead atoms. The Balaban J connectivity index is 3.59. The van der Waals surface area contributed by atoms with Crippen molar-refractivity contribution in [2.45, 2.75) is 65.8 Å². The van der Waals surface area contributed by atoms with E-state index in [4.69, 9.17) is 0 Å². The molecule has 0 saturated carbocycles. The summed E-state index contributed by atoms with van der Waals surface area (Å²) in [6, 6.07) is 0. The lowest BCUT2D eigenvalue weighted by atomic mass is 9.71. The van der Waals surface area contributed by atoms with Crippen LogP contribution in [0.15, 0.2) is 0 Å². The average Bonchev–Trinajstić information content (AvgIpc) is 2.28. The van der Waals surface area contributed by atoms with Gasteiger partial charge in [0.2, 0.25) is 5.79 Å². The van der Waals surface area contributed by atoms with Crippen LogP contribution in [0.5, 0.6) is 0 Å². The van der Waals surface area contributed by atoms with Gasteiger partial charge in [-0.05, 0) is 0 Å². The number of hydrogen-bond acceptors (Lipinski definition) is 3. The summed E-state index contributed by atoms with van der Waals surface area (Å²) in [6.07, 6.45) is -9.96. The van der Waals surface area contributed by atoms with E-state index in [2.05, 4.69) is 14.2 Å². The minimum atomic E-state index is -5.40. The zero-order valence-electron chi connectivity index (χ0n) is 12.5. The highest BCUT2D eigenvalue weighted by molar-refractivity contribution is 5.06. The molecule has 1 aliphatic rings. The van der Waals surface area contributed by atoms with E-state index in [-0.39, 0.29) is 0 Å². The Bertz CT molecular complexity index is 409. The van der Waals surface area contributed by atoms with Crippen molar-refractivity contribution in [1.82, 2.24) is 0 Å². The Labute approximate surface area is 118 Å². The summed E-state index contributed by atoms with van der Waals surface area (Å²) in [5.74, 6) is -6.92. The maximum atomic E-state index is 15.2. The summed E-state index contributed by atoms with van der Waals surface area (Å²) in [7, 11) is 0. The Morgan fingerprint density at radius 2 is 1.19 bits per heavy atom. The van der Waals surface area contributed by atoms with Crippen molar-refractivity contribution in [2.75, 3.05) is 0 Å². The number of rotatable bonds is 1. The minimum Gasteiger partial charge on any atom is -0.256 e.